The van der Waals surface area contributed by atoms with E-state index in [2.05, 4.69) is 15.3 Å². The van der Waals surface area contributed by atoms with Crippen LogP contribution >= 0.6 is 11.8 Å². The highest BCUT2D eigenvalue weighted by Crippen LogP contribution is 2.16. The summed E-state index contributed by atoms with van der Waals surface area (Å²) in [7, 11) is 1.79. The standard InChI is InChI=1S/C16H17N5O2S/c1-11-14(19-13(22)10-24-16-17-8-9-18-16)15(23)21(20(11)2)12-6-4-3-5-7-12/h3-9H,10H2,1-2H3,(H,17,18)(H,19,22). The largest absolute Gasteiger partial charge is 0.340 e. The molecule has 2 N–H and O–H groups in total. The van der Waals surface area contributed by atoms with Gasteiger partial charge in [-0.05, 0) is 19.1 Å². The first-order chi connectivity index (χ1) is 11.6. The highest BCUT2D eigenvalue weighted by atomic mass is 32.2. The first-order valence-corrected chi connectivity index (χ1v) is 8.32. The molecule has 3 rings (SSSR count). The molecule has 0 fully saturated rings. The van der Waals surface area contributed by atoms with Crippen LogP contribution in [0.1, 0.15) is 5.69 Å². The lowest BCUT2D eigenvalue weighted by Crippen LogP contribution is -2.23. The first kappa shape index (κ1) is 16.1. The van der Waals surface area contributed by atoms with Crippen molar-refractivity contribution in [1.82, 2.24) is 19.3 Å². The Balaban J connectivity index is 1.81. The second-order valence-electron chi connectivity index (χ2n) is 5.17. The smallest absolute Gasteiger partial charge is 0.295 e. The Hall–Kier alpha value is -2.74. The molecule has 1 aromatic carbocycles. The SMILES string of the molecule is Cc1c(NC(=O)CSc2ncc[nH]2)c(=O)n(-c2ccccc2)n1C. The predicted molar refractivity (Wildman–Crippen MR) is 93.7 cm³/mol. The van der Waals surface area contributed by atoms with Gasteiger partial charge in [0.05, 0.1) is 17.1 Å². The zero-order valence-electron chi connectivity index (χ0n) is 13.3. The van der Waals surface area contributed by atoms with Crippen LogP contribution in [0.5, 0.6) is 0 Å². The molecule has 0 atom stereocenters. The number of aromatic nitrogens is 4. The summed E-state index contributed by atoms with van der Waals surface area (Å²) in [6.07, 6.45) is 3.32. The maximum absolute atomic E-state index is 12.7. The van der Waals surface area contributed by atoms with E-state index in [4.69, 9.17) is 0 Å². The van der Waals surface area contributed by atoms with Gasteiger partial charge in [-0.15, -0.1) is 0 Å². The molecule has 2 heterocycles. The summed E-state index contributed by atoms with van der Waals surface area (Å²) in [5.74, 6) is -0.0745. The highest BCUT2D eigenvalue weighted by Gasteiger charge is 2.18. The van der Waals surface area contributed by atoms with Crippen LogP contribution in [0.25, 0.3) is 5.69 Å². The Kier molecular flexibility index (Phi) is 4.57. The minimum absolute atomic E-state index is 0.173. The van der Waals surface area contributed by atoms with Crippen molar-refractivity contribution < 1.29 is 4.79 Å². The average Bonchev–Trinajstić information content (AvgIpc) is 3.17. The lowest BCUT2D eigenvalue weighted by atomic mass is 10.3. The van der Waals surface area contributed by atoms with E-state index in [1.54, 1.807) is 31.0 Å². The number of imidazole rings is 1. The normalized spacial score (nSPS) is 10.8. The fourth-order valence-corrected chi connectivity index (χ4v) is 2.98. The number of carbonyl (C=O) groups is 1. The van der Waals surface area contributed by atoms with Crippen molar-refractivity contribution in [3.63, 3.8) is 0 Å². The molecule has 24 heavy (non-hydrogen) atoms. The Labute approximate surface area is 142 Å². The van der Waals surface area contributed by atoms with Gasteiger partial charge in [-0.3, -0.25) is 14.3 Å². The number of rotatable bonds is 5. The quantitative estimate of drug-likeness (QED) is 0.693. The number of H-pyrrole nitrogens is 1. The Morgan fingerprint density at radius 1 is 1.33 bits per heavy atom. The van der Waals surface area contributed by atoms with Gasteiger partial charge in [0.25, 0.3) is 5.56 Å². The van der Waals surface area contributed by atoms with Crippen LogP contribution in [0.2, 0.25) is 0 Å². The van der Waals surface area contributed by atoms with Crippen molar-refractivity contribution in [3.05, 3.63) is 58.8 Å². The van der Waals surface area contributed by atoms with E-state index < -0.39 is 0 Å². The molecular formula is C16H17N5O2S. The maximum Gasteiger partial charge on any atom is 0.295 e. The first-order valence-electron chi connectivity index (χ1n) is 7.34. The highest BCUT2D eigenvalue weighted by molar-refractivity contribution is 7.99. The van der Waals surface area contributed by atoms with Crippen LogP contribution in [0.3, 0.4) is 0 Å². The molecule has 0 aliphatic heterocycles. The molecule has 0 radical (unpaired) electrons. The Morgan fingerprint density at radius 3 is 2.75 bits per heavy atom. The summed E-state index contributed by atoms with van der Waals surface area (Å²) < 4.78 is 3.26. The zero-order chi connectivity index (χ0) is 17.1. The van der Waals surface area contributed by atoms with E-state index in [1.165, 1.54) is 16.4 Å². The van der Waals surface area contributed by atoms with Gasteiger partial charge >= 0.3 is 0 Å². The molecular weight excluding hydrogens is 326 g/mol. The van der Waals surface area contributed by atoms with Crippen molar-refractivity contribution >= 4 is 23.4 Å². The van der Waals surface area contributed by atoms with Crippen molar-refractivity contribution in [3.8, 4) is 5.69 Å². The molecule has 3 aromatic rings. The third-order valence-electron chi connectivity index (χ3n) is 3.63. The van der Waals surface area contributed by atoms with Gasteiger partial charge in [0.15, 0.2) is 5.16 Å². The number of aromatic amines is 1. The van der Waals surface area contributed by atoms with Crippen LogP contribution in [-0.4, -0.2) is 31.0 Å². The van der Waals surface area contributed by atoms with Crippen molar-refractivity contribution in [2.24, 2.45) is 7.05 Å². The number of anilines is 1. The van der Waals surface area contributed by atoms with E-state index in [0.29, 0.717) is 16.5 Å². The van der Waals surface area contributed by atoms with Crippen molar-refractivity contribution in [2.75, 3.05) is 11.1 Å². The minimum Gasteiger partial charge on any atom is -0.340 e. The van der Waals surface area contributed by atoms with Crippen LogP contribution in [0, 0.1) is 6.92 Å². The van der Waals surface area contributed by atoms with E-state index in [1.807, 2.05) is 30.3 Å². The lowest BCUT2D eigenvalue weighted by molar-refractivity contribution is -0.113. The number of amides is 1. The molecule has 0 saturated heterocycles. The van der Waals surface area contributed by atoms with E-state index >= 15 is 0 Å². The molecule has 0 saturated carbocycles. The van der Waals surface area contributed by atoms with Gasteiger partial charge in [-0.1, -0.05) is 30.0 Å². The van der Waals surface area contributed by atoms with Crippen molar-refractivity contribution in [1.29, 1.82) is 0 Å². The number of benzene rings is 1. The molecule has 0 unspecified atom stereocenters. The average molecular weight is 343 g/mol. The summed E-state index contributed by atoms with van der Waals surface area (Å²) >= 11 is 1.28. The Bertz CT molecular complexity index is 897. The molecule has 7 nitrogen and oxygen atoms in total. The topological polar surface area (TPSA) is 84.7 Å². The van der Waals surface area contributed by atoms with Crippen LogP contribution < -0.4 is 10.9 Å². The van der Waals surface area contributed by atoms with Gasteiger partial charge in [0, 0.05) is 19.4 Å². The monoisotopic (exact) mass is 343 g/mol. The second kappa shape index (κ2) is 6.79. The van der Waals surface area contributed by atoms with Gasteiger partial charge in [0.1, 0.15) is 5.69 Å². The number of para-hydroxylation sites is 1. The second-order valence-corrected chi connectivity index (χ2v) is 6.13. The van der Waals surface area contributed by atoms with Gasteiger partial charge < -0.3 is 10.3 Å². The van der Waals surface area contributed by atoms with Gasteiger partial charge in [-0.2, -0.15) is 0 Å². The number of hydrogen-bond acceptors (Lipinski definition) is 4. The number of hydrogen-bond donors (Lipinski definition) is 2. The number of carbonyl (C=O) groups excluding carboxylic acids is 1. The van der Waals surface area contributed by atoms with E-state index in [-0.39, 0.29) is 17.2 Å². The predicted octanol–water partition coefficient (Wildman–Crippen LogP) is 1.94. The van der Waals surface area contributed by atoms with E-state index in [9.17, 15) is 9.59 Å². The summed E-state index contributed by atoms with van der Waals surface area (Å²) in [5, 5.41) is 3.38. The number of nitrogens with zero attached hydrogens (tertiary/aromatic N) is 3. The Morgan fingerprint density at radius 2 is 2.08 bits per heavy atom. The molecule has 2 aromatic heterocycles. The third kappa shape index (κ3) is 3.13. The third-order valence-corrected chi connectivity index (χ3v) is 4.53. The van der Waals surface area contributed by atoms with Crippen LogP contribution in [-0.2, 0) is 11.8 Å². The number of thioether (sulfide) groups is 1. The molecule has 8 heteroatoms. The molecule has 124 valence electrons. The summed E-state index contributed by atoms with van der Waals surface area (Å²) in [5.41, 5.74) is 1.49. The molecule has 0 spiro atoms. The molecule has 1 amide bonds. The molecule has 0 aliphatic rings. The van der Waals surface area contributed by atoms with Gasteiger partial charge in [-0.25, -0.2) is 9.67 Å². The van der Waals surface area contributed by atoms with Crippen LogP contribution in [0.4, 0.5) is 5.69 Å². The fraction of sp³-hybridized carbons (Fsp3) is 0.188. The lowest BCUT2D eigenvalue weighted by Gasteiger charge is -2.07. The fourth-order valence-electron chi connectivity index (χ4n) is 2.35. The van der Waals surface area contributed by atoms with Crippen molar-refractivity contribution in [2.45, 2.75) is 12.1 Å². The minimum atomic E-state index is -0.252. The summed E-state index contributed by atoms with van der Waals surface area (Å²) in [6.45, 7) is 1.80. The van der Waals surface area contributed by atoms with Crippen LogP contribution in [0.15, 0.2) is 52.7 Å². The summed E-state index contributed by atoms with van der Waals surface area (Å²) in [4.78, 5) is 31.8. The summed E-state index contributed by atoms with van der Waals surface area (Å²) in [6, 6.07) is 9.31. The molecule has 0 aliphatic carbocycles. The van der Waals surface area contributed by atoms with E-state index in [0.717, 1.165) is 5.69 Å². The number of nitrogens with one attached hydrogen (secondary N) is 2. The zero-order valence-corrected chi connectivity index (χ0v) is 14.1. The van der Waals surface area contributed by atoms with Gasteiger partial charge in [0.2, 0.25) is 5.91 Å². The maximum atomic E-state index is 12.7. The molecule has 0 bridgehead atoms.